The molecule has 0 bridgehead atoms. The molecule has 0 nitrogen and oxygen atoms in total. The molecule has 0 heteroatoms. The lowest BCUT2D eigenvalue weighted by Gasteiger charge is -1.86. The van der Waals surface area contributed by atoms with Crippen molar-refractivity contribution < 1.29 is 0 Å². The van der Waals surface area contributed by atoms with Gasteiger partial charge in [-0.15, -0.1) is 18.3 Å². The molecule has 0 amide bonds. The maximum absolute atomic E-state index is 5.05. The predicted molar refractivity (Wildman–Crippen MR) is 45.0 cm³/mol. The Morgan fingerprint density at radius 3 is 2.70 bits per heavy atom. The van der Waals surface area contributed by atoms with E-state index in [4.69, 9.17) is 6.42 Å². The quantitative estimate of drug-likeness (QED) is 0.400. The first kappa shape index (κ1) is 9.12. The summed E-state index contributed by atoms with van der Waals surface area (Å²) >= 11 is 0. The van der Waals surface area contributed by atoms with Crippen molar-refractivity contribution in [1.82, 2.24) is 0 Å². The molecule has 0 atom stereocenters. The largest absolute Gasteiger partial charge is 0.120 e. The zero-order valence-electron chi connectivity index (χ0n) is 6.65. The average molecular weight is 133 g/mol. The third kappa shape index (κ3) is 7.12. The van der Waals surface area contributed by atoms with Crippen LogP contribution in [0.5, 0.6) is 0 Å². The molecule has 0 saturated heterocycles. The molecule has 0 aromatic rings. The number of rotatable bonds is 2. The predicted octanol–water partition coefficient (Wildman–Crippen LogP) is 2.26. The molecule has 0 fully saturated rings. The smallest absolute Gasteiger partial charge is 0.0350 e. The van der Waals surface area contributed by atoms with E-state index in [1.807, 2.05) is 6.42 Å². The Morgan fingerprint density at radius 1 is 1.50 bits per heavy atom. The molecule has 10 heavy (non-hydrogen) atoms. The van der Waals surface area contributed by atoms with Crippen LogP contribution in [0.25, 0.3) is 0 Å². The Balaban J connectivity index is 3.22. The van der Waals surface area contributed by atoms with Crippen LogP contribution in [-0.4, -0.2) is 0 Å². The number of hydrogen-bond acceptors (Lipinski definition) is 0. The van der Waals surface area contributed by atoms with Crippen LogP contribution >= 0.6 is 0 Å². The van der Waals surface area contributed by atoms with Gasteiger partial charge in [-0.3, -0.25) is 0 Å². The van der Waals surface area contributed by atoms with Gasteiger partial charge in [0.05, 0.1) is 0 Å². The van der Waals surface area contributed by atoms with Crippen LogP contribution in [0.4, 0.5) is 0 Å². The molecule has 0 saturated carbocycles. The second kappa shape index (κ2) is 6.24. The third-order valence-corrected chi connectivity index (χ3v) is 0.907. The lowest BCUT2D eigenvalue weighted by atomic mass is 10.2. The minimum Gasteiger partial charge on any atom is -0.120 e. The van der Waals surface area contributed by atoms with Crippen molar-refractivity contribution in [2.45, 2.75) is 26.7 Å². The fourth-order valence-electron chi connectivity index (χ4n) is 0.453. The zero-order chi connectivity index (χ0) is 7.82. The van der Waals surface area contributed by atoms with E-state index in [-0.39, 0.29) is 0 Å². The summed E-state index contributed by atoms with van der Waals surface area (Å²) in [7, 11) is 0. The van der Waals surface area contributed by atoms with Crippen LogP contribution in [0.1, 0.15) is 26.7 Å². The molecule has 0 heterocycles. The Kier molecular flexibility index (Phi) is 5.69. The first-order chi connectivity index (χ1) is 4.77. The van der Waals surface area contributed by atoms with Gasteiger partial charge in [-0.2, -0.15) is 0 Å². The van der Waals surface area contributed by atoms with Crippen molar-refractivity contribution in [1.29, 1.82) is 0 Å². The van der Waals surface area contributed by atoms with Gasteiger partial charge in [-0.05, 0) is 6.42 Å². The molecule has 0 rings (SSSR count). The van der Waals surface area contributed by atoms with Crippen molar-refractivity contribution in [3.63, 3.8) is 0 Å². The van der Waals surface area contributed by atoms with Gasteiger partial charge in [0.15, 0.2) is 0 Å². The summed E-state index contributed by atoms with van der Waals surface area (Å²) in [5.41, 5.74) is 0. The molecule has 53 valence electrons. The third-order valence-electron chi connectivity index (χ3n) is 0.907. The molecule has 0 N–H and O–H groups in total. The van der Waals surface area contributed by atoms with Gasteiger partial charge in [0, 0.05) is 18.8 Å². The van der Waals surface area contributed by atoms with E-state index in [0.717, 1.165) is 12.8 Å². The minimum absolute atomic E-state index is 0.460. The van der Waals surface area contributed by atoms with E-state index < -0.39 is 0 Å². The van der Waals surface area contributed by atoms with E-state index in [1.165, 1.54) is 0 Å². The first-order valence-corrected chi connectivity index (χ1v) is 3.53. The van der Waals surface area contributed by atoms with E-state index >= 15 is 0 Å². The van der Waals surface area contributed by atoms with Crippen LogP contribution in [0, 0.1) is 36.5 Å². The van der Waals surface area contributed by atoms with Gasteiger partial charge < -0.3 is 0 Å². The Morgan fingerprint density at radius 2 is 2.20 bits per heavy atom. The summed E-state index contributed by atoms with van der Waals surface area (Å²) in [5.74, 6) is 9.00. The molecule has 0 aliphatic carbocycles. The highest BCUT2D eigenvalue weighted by Gasteiger charge is 1.81. The maximum Gasteiger partial charge on any atom is 0.0350 e. The van der Waals surface area contributed by atoms with Crippen molar-refractivity contribution in [3.8, 4) is 24.2 Å². The highest BCUT2D eigenvalue weighted by Crippen LogP contribution is 1.91. The summed E-state index contributed by atoms with van der Waals surface area (Å²) in [6, 6.07) is 0. The monoisotopic (exact) mass is 133 g/mol. The first-order valence-electron chi connectivity index (χ1n) is 3.53. The summed E-state index contributed by atoms with van der Waals surface area (Å²) in [6.45, 7) is 4.14. The van der Waals surface area contributed by atoms with E-state index in [1.54, 1.807) is 0 Å². The summed E-state index contributed by atoms with van der Waals surface area (Å²) in [4.78, 5) is 0. The highest BCUT2D eigenvalue weighted by molar-refractivity contribution is 5.11. The van der Waals surface area contributed by atoms with Gasteiger partial charge in [-0.25, -0.2) is 0 Å². The van der Waals surface area contributed by atoms with E-state index in [0.29, 0.717) is 5.92 Å². The van der Waals surface area contributed by atoms with Crippen molar-refractivity contribution >= 4 is 0 Å². The second-order valence-corrected chi connectivity index (χ2v) is 2.39. The van der Waals surface area contributed by atoms with Gasteiger partial charge >= 0.3 is 0 Å². The fourth-order valence-corrected chi connectivity index (χ4v) is 0.453. The van der Waals surface area contributed by atoms with Gasteiger partial charge in [0.1, 0.15) is 0 Å². The van der Waals surface area contributed by atoms with Gasteiger partial charge in [0.2, 0.25) is 0 Å². The molecular formula is C10H13. The SMILES string of the molecule is C#CCC[CH]C#CC(C)C. The molecule has 0 unspecified atom stereocenters. The van der Waals surface area contributed by atoms with E-state index in [9.17, 15) is 0 Å². The molecular weight excluding hydrogens is 120 g/mol. The maximum atomic E-state index is 5.05. The van der Waals surface area contributed by atoms with Gasteiger partial charge in [-0.1, -0.05) is 19.8 Å². The molecule has 1 radical (unpaired) electrons. The van der Waals surface area contributed by atoms with Crippen LogP contribution in [0.15, 0.2) is 0 Å². The van der Waals surface area contributed by atoms with Crippen molar-refractivity contribution in [2.24, 2.45) is 5.92 Å². The van der Waals surface area contributed by atoms with Crippen LogP contribution < -0.4 is 0 Å². The van der Waals surface area contributed by atoms with Crippen LogP contribution in [0.2, 0.25) is 0 Å². The minimum atomic E-state index is 0.460. The number of terminal acetylenes is 1. The van der Waals surface area contributed by atoms with Crippen LogP contribution in [-0.2, 0) is 0 Å². The van der Waals surface area contributed by atoms with Crippen molar-refractivity contribution in [3.05, 3.63) is 6.42 Å². The van der Waals surface area contributed by atoms with E-state index in [2.05, 4.69) is 31.6 Å². The molecule has 0 aliphatic heterocycles. The van der Waals surface area contributed by atoms with Gasteiger partial charge in [0.25, 0.3) is 0 Å². The molecule has 0 aromatic carbocycles. The lowest BCUT2D eigenvalue weighted by Crippen LogP contribution is -1.78. The molecule has 0 spiro atoms. The fraction of sp³-hybridized carbons (Fsp3) is 0.500. The standard InChI is InChI=1S/C10H13/c1-4-5-6-7-8-9-10(2)3/h1,7,10H,5-6H2,2-3H3. The topological polar surface area (TPSA) is 0 Å². The molecule has 0 aromatic heterocycles. The lowest BCUT2D eigenvalue weighted by molar-refractivity contribution is 0.865. The number of unbranched alkanes of at least 4 members (excludes halogenated alkanes) is 2. The zero-order valence-corrected chi connectivity index (χ0v) is 6.65. The van der Waals surface area contributed by atoms with Crippen molar-refractivity contribution in [2.75, 3.05) is 0 Å². The highest BCUT2D eigenvalue weighted by atomic mass is 13.9. The summed E-state index contributed by atoms with van der Waals surface area (Å²) in [5, 5.41) is 0. The second-order valence-electron chi connectivity index (χ2n) is 2.39. The summed E-state index contributed by atoms with van der Waals surface area (Å²) in [6.07, 6.45) is 8.69. The summed E-state index contributed by atoms with van der Waals surface area (Å²) < 4.78 is 0. The Hall–Kier alpha value is -0.880. The Labute approximate surface area is 64.0 Å². The normalized spacial score (nSPS) is 8.20. The number of hydrogen-bond donors (Lipinski definition) is 0. The average Bonchev–Trinajstić information content (AvgIpc) is 1.87. The Bertz CT molecular complexity index is 159. The molecule has 0 aliphatic rings. The van der Waals surface area contributed by atoms with Crippen LogP contribution in [0.3, 0.4) is 0 Å².